The van der Waals surface area contributed by atoms with Gasteiger partial charge in [-0.15, -0.1) is 0 Å². The molecule has 350 valence electrons. The van der Waals surface area contributed by atoms with Crippen LogP contribution in [0.5, 0.6) is 0 Å². The van der Waals surface area contributed by atoms with Crippen LogP contribution in [0.15, 0.2) is 79.6 Å². The Morgan fingerprint density at radius 3 is 1.72 bits per heavy atom. The zero-order valence-electron chi connectivity index (χ0n) is 34.2. The number of hydrogen-bond donors (Lipinski definition) is 0. The number of aliphatic imine (C=N–C) groups is 2. The van der Waals surface area contributed by atoms with Gasteiger partial charge in [0.25, 0.3) is 0 Å². The summed E-state index contributed by atoms with van der Waals surface area (Å²) >= 11 is 42.2. The van der Waals surface area contributed by atoms with E-state index in [2.05, 4.69) is 41.8 Å². The molecule has 0 aromatic heterocycles. The first-order valence-electron chi connectivity index (χ1n) is 19.8. The maximum Gasteiger partial charge on any atom is 0.401 e. The van der Waals surface area contributed by atoms with Gasteiger partial charge in [-0.05, 0) is 133 Å². The van der Waals surface area contributed by atoms with Gasteiger partial charge in [-0.1, -0.05) is 109 Å². The van der Waals surface area contributed by atoms with Crippen molar-refractivity contribution < 1.29 is 44.7 Å². The van der Waals surface area contributed by atoms with Gasteiger partial charge in [-0.25, -0.2) is 8.78 Å². The highest BCUT2D eigenvalue weighted by molar-refractivity contribution is 9.10. The third-order valence-corrected chi connectivity index (χ3v) is 15.9. The van der Waals surface area contributed by atoms with Crippen LogP contribution in [-0.4, -0.2) is 48.9 Å². The molecular weight excluding hydrogens is 1130 g/mol. The van der Waals surface area contributed by atoms with Gasteiger partial charge in [0.1, 0.15) is 34.5 Å². The highest BCUT2D eigenvalue weighted by atomic mass is 79.9. The fourth-order valence-electron chi connectivity index (χ4n) is 8.68. The molecule has 2 aliphatic heterocycles. The summed E-state index contributed by atoms with van der Waals surface area (Å²) in [5, 5.41) is -0.596. The highest BCUT2D eigenvalue weighted by Gasteiger charge is 2.67. The van der Waals surface area contributed by atoms with Gasteiger partial charge in [0.2, 0.25) is 0 Å². The van der Waals surface area contributed by atoms with Crippen molar-refractivity contribution in [2.75, 3.05) is 13.1 Å². The molecule has 3 unspecified atom stereocenters. The van der Waals surface area contributed by atoms with E-state index in [9.17, 15) is 26.7 Å². The minimum atomic E-state index is -4.98. The van der Waals surface area contributed by atoms with Gasteiger partial charge in [0.05, 0.1) is 57.9 Å². The average molecular weight is 1160 g/mol. The SMILES string of the molecule is CC(C)[C@H]1CC[C@H](C)C[C@@H]1OC(=O)C1C(c2ccc(F)c(Br)c2)=NCC1(c1cc(Cl)c(Cl)c(Cl)c1)C(F)(F)F.Fc1ccc(C2=NCC(c3cc(Cl)c(Cl)c(Cl)c3)(C(F)(F)F)C2)cc1Br. The van der Waals surface area contributed by atoms with Gasteiger partial charge in [-0.3, -0.25) is 14.8 Å². The predicted molar refractivity (Wildman–Crippen MR) is 249 cm³/mol. The topological polar surface area (TPSA) is 51.0 Å². The van der Waals surface area contributed by atoms with Crippen LogP contribution in [0.4, 0.5) is 35.1 Å². The van der Waals surface area contributed by atoms with Crippen molar-refractivity contribution >= 4 is 119 Å². The normalized spacial score (nSPS) is 24.7. The average Bonchev–Trinajstić information content (AvgIpc) is 3.86. The molecule has 4 nitrogen and oxygen atoms in total. The molecule has 0 spiro atoms. The van der Waals surface area contributed by atoms with Crippen LogP contribution in [0.2, 0.25) is 30.1 Å². The lowest BCUT2D eigenvalue weighted by Crippen LogP contribution is -2.54. The molecule has 1 fully saturated rings. The second-order valence-corrected chi connectivity index (χ2v) is 20.8. The summed E-state index contributed by atoms with van der Waals surface area (Å²) in [5.74, 6) is -3.63. The number of esters is 1. The minimum Gasteiger partial charge on any atom is -0.462 e. The van der Waals surface area contributed by atoms with Crippen molar-refractivity contribution in [2.45, 2.75) is 75.7 Å². The number of hydrogen-bond acceptors (Lipinski definition) is 4. The Morgan fingerprint density at radius 1 is 0.723 bits per heavy atom. The fraction of sp³-hybridized carbons (Fsp3) is 0.400. The second-order valence-electron chi connectivity index (χ2n) is 16.7. The van der Waals surface area contributed by atoms with Crippen molar-refractivity contribution in [1.82, 2.24) is 0 Å². The van der Waals surface area contributed by atoms with Gasteiger partial charge < -0.3 is 4.74 Å². The van der Waals surface area contributed by atoms with E-state index in [-0.39, 0.29) is 84.9 Å². The molecule has 0 saturated heterocycles. The zero-order chi connectivity index (χ0) is 48.1. The van der Waals surface area contributed by atoms with E-state index in [0.29, 0.717) is 12.0 Å². The molecule has 7 rings (SSSR count). The molecule has 20 heteroatoms. The number of rotatable bonds is 7. The van der Waals surface area contributed by atoms with Crippen LogP contribution in [0.3, 0.4) is 0 Å². The summed E-state index contributed by atoms with van der Waals surface area (Å²) in [4.78, 5) is 22.4. The Bertz CT molecular complexity index is 2510. The van der Waals surface area contributed by atoms with Gasteiger partial charge >= 0.3 is 18.3 Å². The van der Waals surface area contributed by atoms with Crippen LogP contribution in [0.25, 0.3) is 0 Å². The van der Waals surface area contributed by atoms with E-state index < -0.39 is 72.3 Å². The monoisotopic (exact) mass is 1160 g/mol. The molecule has 0 bridgehead atoms. The second kappa shape index (κ2) is 20.0. The lowest BCUT2D eigenvalue weighted by Gasteiger charge is -2.40. The first-order chi connectivity index (χ1) is 30.2. The van der Waals surface area contributed by atoms with Gasteiger partial charge in [0.15, 0.2) is 0 Å². The maximum absolute atomic E-state index is 15.3. The summed E-state index contributed by atoms with van der Waals surface area (Å²) in [6.07, 6.45) is -8.24. The highest BCUT2D eigenvalue weighted by Crippen LogP contribution is 2.54. The molecule has 3 aliphatic rings. The van der Waals surface area contributed by atoms with Crippen LogP contribution < -0.4 is 0 Å². The standard InChI is InChI=1S/C28H27BrCl3F4NO2.C17H9BrCl3F4N/c1-13(2)17-6-4-14(3)8-22(17)39-26(38)23-25(15-5-7-21(33)18(29)9-15)37-12-27(23,28(34,35)36)16-10-19(30)24(32)20(31)11-16;18-10-3-8(1-2-13(10)22)14-6-16(7-26-14,17(23,24)25)9-4-11(19)15(21)12(20)5-9/h5,7,9-11,13-14,17,22-23H,4,6,8,12H2,1-3H3;1-5H,6-7H2/t14-,17+,22-,23?,27?;/m0./s1. The van der Waals surface area contributed by atoms with Gasteiger partial charge in [0, 0.05) is 12.1 Å². The van der Waals surface area contributed by atoms with E-state index in [4.69, 9.17) is 74.3 Å². The molecule has 65 heavy (non-hydrogen) atoms. The third kappa shape index (κ3) is 10.4. The van der Waals surface area contributed by atoms with Crippen LogP contribution in [0.1, 0.15) is 68.7 Å². The molecule has 1 aliphatic carbocycles. The molecular formula is C45H36Br2Cl6F8N2O2. The fourth-order valence-corrected chi connectivity index (χ4v) is 10.6. The molecule has 0 N–H and O–H groups in total. The Hall–Kier alpha value is -2.17. The molecule has 2 heterocycles. The van der Waals surface area contributed by atoms with Crippen molar-refractivity contribution in [1.29, 1.82) is 0 Å². The number of alkyl halides is 6. The van der Waals surface area contributed by atoms with E-state index in [0.717, 1.165) is 31.0 Å². The Labute approximate surface area is 416 Å². The lowest BCUT2D eigenvalue weighted by atomic mass is 9.68. The summed E-state index contributed by atoms with van der Waals surface area (Å²) in [6.45, 7) is 4.72. The summed E-state index contributed by atoms with van der Waals surface area (Å²) < 4.78 is 122. The summed E-state index contributed by atoms with van der Waals surface area (Å²) in [6, 6.07) is 12.2. The molecule has 1 saturated carbocycles. The largest absolute Gasteiger partial charge is 0.462 e. The molecule has 4 aromatic rings. The van der Waals surface area contributed by atoms with Crippen LogP contribution in [-0.2, 0) is 20.4 Å². The number of benzene rings is 4. The molecule has 0 amide bonds. The van der Waals surface area contributed by atoms with E-state index in [1.807, 2.05) is 20.8 Å². The smallest absolute Gasteiger partial charge is 0.401 e. The van der Waals surface area contributed by atoms with Crippen molar-refractivity contribution in [3.8, 4) is 0 Å². The van der Waals surface area contributed by atoms with E-state index in [1.165, 1.54) is 42.5 Å². The van der Waals surface area contributed by atoms with Crippen molar-refractivity contribution in [3.05, 3.63) is 134 Å². The first-order valence-corrected chi connectivity index (χ1v) is 23.7. The number of halogens is 16. The molecule has 4 aromatic carbocycles. The van der Waals surface area contributed by atoms with Crippen LogP contribution >= 0.6 is 101 Å². The zero-order valence-corrected chi connectivity index (χ0v) is 41.9. The maximum atomic E-state index is 15.3. The minimum absolute atomic E-state index is 0.00369. The first kappa shape index (κ1) is 52.2. The van der Waals surface area contributed by atoms with Crippen molar-refractivity contribution in [3.63, 3.8) is 0 Å². The third-order valence-electron chi connectivity index (χ3n) is 12.3. The van der Waals surface area contributed by atoms with E-state index in [1.54, 1.807) is 0 Å². The quantitative estimate of drug-likeness (QED) is 0.105. The molecule has 0 radical (unpaired) electrons. The van der Waals surface area contributed by atoms with E-state index >= 15 is 13.2 Å². The molecule has 6 atom stereocenters. The Morgan fingerprint density at radius 2 is 1.23 bits per heavy atom. The predicted octanol–water partition coefficient (Wildman–Crippen LogP) is 16.7. The van der Waals surface area contributed by atoms with Crippen molar-refractivity contribution in [2.24, 2.45) is 33.7 Å². The van der Waals surface area contributed by atoms with Gasteiger partial charge in [-0.2, -0.15) is 26.3 Å². The number of carbonyl (C=O) groups excluding carboxylic acids is 1. The Balaban J connectivity index is 0.000000233. The summed E-state index contributed by atoms with van der Waals surface area (Å²) in [5.41, 5.74) is -4.92. The number of nitrogens with zero attached hydrogens (tertiary/aromatic N) is 2. The Kier molecular flexibility index (Phi) is 16.1. The van der Waals surface area contributed by atoms with Crippen LogP contribution in [0, 0.1) is 35.3 Å². The number of carbonyl (C=O) groups is 1. The lowest BCUT2D eigenvalue weighted by molar-refractivity contribution is -0.204. The number of ether oxygens (including phenoxy) is 1. The summed E-state index contributed by atoms with van der Waals surface area (Å²) in [7, 11) is 0.